The fourth-order valence-corrected chi connectivity index (χ4v) is 2.01. The van der Waals surface area contributed by atoms with Crippen LogP contribution < -0.4 is 5.32 Å². The lowest BCUT2D eigenvalue weighted by Crippen LogP contribution is -2.22. The molecule has 88 valence electrons. The maximum Gasteiger partial charge on any atom is 0.256 e. The van der Waals surface area contributed by atoms with E-state index in [1.165, 1.54) is 6.26 Å². The molecule has 0 saturated carbocycles. The highest BCUT2D eigenvalue weighted by Crippen LogP contribution is 2.17. The van der Waals surface area contributed by atoms with Crippen LogP contribution in [-0.4, -0.2) is 5.91 Å². The Kier molecular flexibility index (Phi) is 3.86. The van der Waals surface area contributed by atoms with Crippen molar-refractivity contribution in [3.8, 4) is 0 Å². The van der Waals surface area contributed by atoms with Gasteiger partial charge in [-0.1, -0.05) is 23.7 Å². The molecule has 0 aliphatic rings. The second-order valence-electron chi connectivity index (χ2n) is 3.42. The Hall–Kier alpha value is -1.26. The van der Waals surface area contributed by atoms with Gasteiger partial charge in [0.15, 0.2) is 4.67 Å². The van der Waals surface area contributed by atoms with Crippen molar-refractivity contribution < 1.29 is 9.21 Å². The summed E-state index contributed by atoms with van der Waals surface area (Å²) in [4.78, 5) is 11.8. The molecule has 3 nitrogen and oxygen atoms in total. The summed E-state index contributed by atoms with van der Waals surface area (Å²) in [6.07, 6.45) is 1.46. The number of carbonyl (C=O) groups is 1. The van der Waals surface area contributed by atoms with Crippen LogP contribution in [0.3, 0.4) is 0 Å². The van der Waals surface area contributed by atoms with Crippen LogP contribution in [0.1, 0.15) is 15.9 Å². The Balaban J connectivity index is 1.99. The molecular formula is C12H9BrClNO2. The van der Waals surface area contributed by atoms with E-state index in [1.54, 1.807) is 12.1 Å². The van der Waals surface area contributed by atoms with E-state index in [2.05, 4.69) is 21.2 Å². The van der Waals surface area contributed by atoms with Gasteiger partial charge in [0.2, 0.25) is 0 Å². The number of amides is 1. The molecule has 1 amide bonds. The van der Waals surface area contributed by atoms with Crippen LogP contribution in [0.2, 0.25) is 5.02 Å². The van der Waals surface area contributed by atoms with Crippen LogP contribution in [-0.2, 0) is 6.54 Å². The van der Waals surface area contributed by atoms with Gasteiger partial charge in [-0.3, -0.25) is 4.79 Å². The van der Waals surface area contributed by atoms with Crippen LogP contribution in [0.25, 0.3) is 0 Å². The highest BCUT2D eigenvalue weighted by Gasteiger charge is 2.11. The van der Waals surface area contributed by atoms with E-state index >= 15 is 0 Å². The molecular weight excluding hydrogens is 305 g/mol. The zero-order valence-electron chi connectivity index (χ0n) is 8.74. The second-order valence-corrected chi connectivity index (χ2v) is 4.58. The Morgan fingerprint density at radius 3 is 2.88 bits per heavy atom. The van der Waals surface area contributed by atoms with Crippen molar-refractivity contribution in [2.75, 3.05) is 0 Å². The molecule has 2 aromatic rings. The van der Waals surface area contributed by atoms with Gasteiger partial charge in [0.1, 0.15) is 0 Å². The summed E-state index contributed by atoms with van der Waals surface area (Å²) in [5.41, 5.74) is 1.43. The Morgan fingerprint density at radius 1 is 1.41 bits per heavy atom. The van der Waals surface area contributed by atoms with Crippen molar-refractivity contribution >= 4 is 33.4 Å². The monoisotopic (exact) mass is 313 g/mol. The molecule has 0 spiro atoms. The van der Waals surface area contributed by atoms with Crippen LogP contribution in [0.4, 0.5) is 0 Å². The SMILES string of the molecule is O=C(NCc1cccc(Cl)c1)c1ccoc1Br. The summed E-state index contributed by atoms with van der Waals surface area (Å²) >= 11 is 9.01. The van der Waals surface area contributed by atoms with Crippen molar-refractivity contribution in [3.05, 3.63) is 57.4 Å². The molecule has 0 aliphatic carbocycles. The minimum atomic E-state index is -0.189. The third-order valence-electron chi connectivity index (χ3n) is 2.20. The average Bonchev–Trinajstić information content (AvgIpc) is 2.72. The third kappa shape index (κ3) is 3.11. The Labute approximate surface area is 112 Å². The lowest BCUT2D eigenvalue weighted by atomic mass is 10.2. The first-order chi connectivity index (χ1) is 8.16. The van der Waals surface area contributed by atoms with Gasteiger partial charge in [0, 0.05) is 11.6 Å². The molecule has 1 N–H and O–H groups in total. The van der Waals surface area contributed by atoms with Gasteiger partial charge in [-0.05, 0) is 39.7 Å². The van der Waals surface area contributed by atoms with Crippen LogP contribution in [0.5, 0.6) is 0 Å². The summed E-state index contributed by atoms with van der Waals surface area (Å²) in [6, 6.07) is 8.96. The molecule has 0 bridgehead atoms. The van der Waals surface area contributed by atoms with Crippen molar-refractivity contribution in [2.45, 2.75) is 6.54 Å². The number of nitrogens with one attached hydrogen (secondary N) is 1. The van der Waals surface area contributed by atoms with E-state index in [4.69, 9.17) is 16.0 Å². The first-order valence-corrected chi connectivity index (χ1v) is 6.09. The summed E-state index contributed by atoms with van der Waals surface area (Å²) < 4.78 is 5.42. The predicted octanol–water partition coefficient (Wildman–Crippen LogP) is 3.63. The molecule has 1 heterocycles. The first kappa shape index (κ1) is 12.2. The third-order valence-corrected chi connectivity index (χ3v) is 3.05. The van der Waals surface area contributed by atoms with E-state index in [0.717, 1.165) is 5.56 Å². The van der Waals surface area contributed by atoms with Gasteiger partial charge in [0.25, 0.3) is 5.91 Å². The number of carbonyl (C=O) groups excluding carboxylic acids is 1. The molecule has 0 aliphatic heterocycles. The molecule has 0 saturated heterocycles. The van der Waals surface area contributed by atoms with Gasteiger partial charge in [-0.25, -0.2) is 0 Å². The van der Waals surface area contributed by atoms with E-state index < -0.39 is 0 Å². The number of furan rings is 1. The quantitative estimate of drug-likeness (QED) is 0.940. The van der Waals surface area contributed by atoms with E-state index in [1.807, 2.05) is 18.2 Å². The highest BCUT2D eigenvalue weighted by atomic mass is 79.9. The molecule has 2 rings (SSSR count). The highest BCUT2D eigenvalue weighted by molar-refractivity contribution is 9.10. The average molecular weight is 315 g/mol. The molecule has 0 atom stereocenters. The van der Waals surface area contributed by atoms with Crippen LogP contribution in [0.15, 0.2) is 45.7 Å². The number of rotatable bonds is 3. The van der Waals surface area contributed by atoms with E-state index in [-0.39, 0.29) is 5.91 Å². The summed E-state index contributed by atoms with van der Waals surface area (Å²) in [6.45, 7) is 0.428. The largest absolute Gasteiger partial charge is 0.457 e. The molecule has 0 unspecified atom stereocenters. The van der Waals surface area contributed by atoms with Crippen molar-refractivity contribution in [1.82, 2.24) is 5.32 Å². The summed E-state index contributed by atoms with van der Waals surface area (Å²) in [5.74, 6) is -0.189. The van der Waals surface area contributed by atoms with Gasteiger partial charge < -0.3 is 9.73 Å². The number of hydrogen-bond donors (Lipinski definition) is 1. The number of halogens is 2. The number of hydrogen-bond acceptors (Lipinski definition) is 2. The lowest BCUT2D eigenvalue weighted by Gasteiger charge is -2.04. The standard InChI is InChI=1S/C12H9BrClNO2/c13-11-10(4-5-17-11)12(16)15-7-8-2-1-3-9(14)6-8/h1-6H,7H2,(H,15,16). The molecule has 17 heavy (non-hydrogen) atoms. The van der Waals surface area contributed by atoms with Crippen LogP contribution >= 0.6 is 27.5 Å². The summed E-state index contributed by atoms with van der Waals surface area (Å²) in [7, 11) is 0. The van der Waals surface area contributed by atoms with Crippen LogP contribution in [0, 0.1) is 0 Å². The van der Waals surface area contributed by atoms with Gasteiger partial charge in [-0.2, -0.15) is 0 Å². The molecule has 0 fully saturated rings. The topological polar surface area (TPSA) is 42.2 Å². The van der Waals surface area contributed by atoms with Crippen molar-refractivity contribution in [3.63, 3.8) is 0 Å². The van der Waals surface area contributed by atoms with E-state index in [0.29, 0.717) is 21.8 Å². The molecule has 0 radical (unpaired) electrons. The fourth-order valence-electron chi connectivity index (χ4n) is 1.38. The fraction of sp³-hybridized carbons (Fsp3) is 0.0833. The van der Waals surface area contributed by atoms with Gasteiger partial charge >= 0.3 is 0 Å². The Bertz CT molecular complexity index is 539. The molecule has 5 heteroatoms. The second kappa shape index (κ2) is 5.38. The smallest absolute Gasteiger partial charge is 0.256 e. The van der Waals surface area contributed by atoms with Crippen molar-refractivity contribution in [2.24, 2.45) is 0 Å². The summed E-state index contributed by atoms with van der Waals surface area (Å²) in [5, 5.41) is 3.44. The maximum absolute atomic E-state index is 11.8. The zero-order chi connectivity index (χ0) is 12.3. The minimum absolute atomic E-state index is 0.189. The number of benzene rings is 1. The molecule has 1 aromatic carbocycles. The molecule has 1 aromatic heterocycles. The van der Waals surface area contributed by atoms with Crippen molar-refractivity contribution in [1.29, 1.82) is 0 Å². The van der Waals surface area contributed by atoms with E-state index in [9.17, 15) is 4.79 Å². The predicted molar refractivity (Wildman–Crippen MR) is 69.0 cm³/mol. The normalized spacial score (nSPS) is 10.2. The van der Waals surface area contributed by atoms with Gasteiger partial charge in [0.05, 0.1) is 11.8 Å². The zero-order valence-corrected chi connectivity index (χ0v) is 11.1. The lowest BCUT2D eigenvalue weighted by molar-refractivity contribution is 0.0949. The first-order valence-electron chi connectivity index (χ1n) is 4.92. The van der Waals surface area contributed by atoms with Gasteiger partial charge in [-0.15, -0.1) is 0 Å². The Morgan fingerprint density at radius 2 is 2.24 bits per heavy atom. The maximum atomic E-state index is 11.8. The minimum Gasteiger partial charge on any atom is -0.457 e.